The first-order valence-electron chi connectivity index (χ1n) is 14.5. The third-order valence-electron chi connectivity index (χ3n) is 7.00. The van der Waals surface area contributed by atoms with E-state index in [1.165, 1.54) is 0 Å². The Labute approximate surface area is 261 Å². The lowest BCUT2D eigenvalue weighted by atomic mass is 10.0. The Bertz CT molecular complexity index is 1670. The van der Waals surface area contributed by atoms with Crippen LogP contribution < -0.4 is 21.3 Å². The molecule has 0 saturated heterocycles. The number of anilines is 1. The van der Waals surface area contributed by atoms with Gasteiger partial charge in [0.15, 0.2) is 17.4 Å². The van der Waals surface area contributed by atoms with E-state index in [-0.39, 0.29) is 24.9 Å². The Morgan fingerprint density at radius 2 is 1.59 bits per heavy atom. The molecule has 1 unspecified atom stereocenters. The number of nitrogens with one attached hydrogen (secondary N) is 1. The number of amides is 1. The van der Waals surface area contributed by atoms with Gasteiger partial charge >= 0.3 is 12.1 Å². The molecule has 1 amide bonds. The number of nitrogens with zero attached hydrogens (tertiary/aromatic N) is 1. The highest BCUT2D eigenvalue weighted by molar-refractivity contribution is 6.11. The third-order valence-corrected chi connectivity index (χ3v) is 7.00. The van der Waals surface area contributed by atoms with Crippen LogP contribution in [0.25, 0.3) is 5.69 Å². The molecule has 1 heterocycles. The second-order valence-corrected chi connectivity index (χ2v) is 11.7. The summed E-state index contributed by atoms with van der Waals surface area (Å²) in [7, 11) is 0. The first kappa shape index (κ1) is 34.0. The molecular formula is C32H33F4N3O7. The van der Waals surface area contributed by atoms with Crippen molar-refractivity contribution in [3.63, 3.8) is 0 Å². The number of alkyl carbamates (subject to hydrolysis) is 1. The van der Waals surface area contributed by atoms with Crippen molar-refractivity contribution in [3.8, 4) is 11.4 Å². The van der Waals surface area contributed by atoms with Crippen LogP contribution in [0, 0.1) is 23.3 Å². The fourth-order valence-electron chi connectivity index (χ4n) is 4.88. The first-order valence-corrected chi connectivity index (χ1v) is 14.5. The van der Waals surface area contributed by atoms with Crippen LogP contribution in [0.3, 0.4) is 0 Å². The first-order chi connectivity index (χ1) is 21.6. The number of rotatable bonds is 10. The number of ether oxygens (including phenoxy) is 3. The van der Waals surface area contributed by atoms with Crippen LogP contribution in [-0.4, -0.2) is 46.8 Å². The van der Waals surface area contributed by atoms with Gasteiger partial charge in [0, 0.05) is 30.7 Å². The highest BCUT2D eigenvalue weighted by Crippen LogP contribution is 2.28. The van der Waals surface area contributed by atoms with Crippen molar-refractivity contribution in [3.05, 3.63) is 87.2 Å². The summed E-state index contributed by atoms with van der Waals surface area (Å²) in [5.74, 6) is -7.51. The molecule has 1 fully saturated rings. The molecule has 4 rings (SSSR count). The van der Waals surface area contributed by atoms with Crippen LogP contribution in [0.5, 0.6) is 5.75 Å². The van der Waals surface area contributed by atoms with Crippen molar-refractivity contribution >= 4 is 23.7 Å². The Morgan fingerprint density at radius 1 is 0.957 bits per heavy atom. The van der Waals surface area contributed by atoms with Gasteiger partial charge < -0.3 is 25.3 Å². The zero-order valence-corrected chi connectivity index (χ0v) is 25.3. The Morgan fingerprint density at radius 3 is 2.20 bits per heavy atom. The number of benzene rings is 2. The number of nitrogen functional groups attached to an aromatic ring is 1. The number of esters is 1. The van der Waals surface area contributed by atoms with Crippen LogP contribution in [0.2, 0.25) is 0 Å². The van der Waals surface area contributed by atoms with Gasteiger partial charge in [-0.3, -0.25) is 14.2 Å². The lowest BCUT2D eigenvalue weighted by molar-refractivity contribution is -0.151. The molecule has 1 aliphatic rings. The fraction of sp³-hybridized carbons (Fsp3) is 0.375. The van der Waals surface area contributed by atoms with E-state index < -0.39 is 80.9 Å². The van der Waals surface area contributed by atoms with Crippen LogP contribution >= 0.6 is 0 Å². The van der Waals surface area contributed by atoms with Crippen LogP contribution in [-0.2, 0) is 14.3 Å². The second-order valence-electron chi connectivity index (χ2n) is 11.7. The van der Waals surface area contributed by atoms with Gasteiger partial charge in [-0.1, -0.05) is 0 Å². The smallest absolute Gasteiger partial charge is 0.408 e. The van der Waals surface area contributed by atoms with Crippen molar-refractivity contribution in [2.45, 2.75) is 70.6 Å². The molecule has 14 heteroatoms. The van der Waals surface area contributed by atoms with Crippen molar-refractivity contribution in [1.29, 1.82) is 0 Å². The van der Waals surface area contributed by atoms with Gasteiger partial charge in [0.2, 0.25) is 0 Å². The summed E-state index contributed by atoms with van der Waals surface area (Å²) in [6.45, 7) is 4.65. The SMILES string of the molecule is CC(C)(C)OC(=O)NC(CCOc1cc(F)c(-n2c(N)c(C(=O)c3ccc(F)cc3F)ccc2=O)c(F)c1)C(=O)OC1CCCC1. The topological polar surface area (TPSA) is 139 Å². The standard InChI is InChI=1S/C32H33F4N3O7/c1-32(2,3)46-31(43)38-25(30(42)45-18-6-4-5-7-18)12-13-44-19-15-23(35)27(24(36)16-19)39-26(40)11-10-21(29(39)37)28(41)20-9-8-17(33)14-22(20)34/h8-11,14-16,18,25H,4-7,12-13,37H2,1-3H3,(H,38,43). The van der Waals surface area contributed by atoms with Gasteiger partial charge in [-0.15, -0.1) is 0 Å². The van der Waals surface area contributed by atoms with Crippen LogP contribution in [0.4, 0.5) is 28.2 Å². The molecule has 0 radical (unpaired) electrons. The summed E-state index contributed by atoms with van der Waals surface area (Å²) < 4.78 is 74.8. The highest BCUT2D eigenvalue weighted by Gasteiger charge is 2.29. The molecule has 0 aliphatic heterocycles. The number of halogens is 4. The molecule has 3 aromatic rings. The predicted octanol–water partition coefficient (Wildman–Crippen LogP) is 5.36. The van der Waals surface area contributed by atoms with Crippen molar-refractivity contribution in [1.82, 2.24) is 9.88 Å². The molecule has 1 aliphatic carbocycles. The zero-order chi connectivity index (χ0) is 33.8. The number of carbonyl (C=O) groups excluding carboxylic acids is 3. The molecule has 2 aromatic carbocycles. The third kappa shape index (κ3) is 8.23. The van der Waals surface area contributed by atoms with E-state index in [0.717, 1.165) is 49.2 Å². The maximum Gasteiger partial charge on any atom is 0.408 e. The second kappa shape index (κ2) is 14.0. The number of carbonyl (C=O) groups is 3. The largest absolute Gasteiger partial charge is 0.493 e. The van der Waals surface area contributed by atoms with E-state index in [1.807, 2.05) is 0 Å². The van der Waals surface area contributed by atoms with Gasteiger partial charge in [-0.05, 0) is 64.7 Å². The maximum absolute atomic E-state index is 15.3. The molecule has 0 spiro atoms. The van der Waals surface area contributed by atoms with Crippen molar-refractivity contribution in [2.75, 3.05) is 12.3 Å². The Kier molecular flexibility index (Phi) is 10.4. The lowest BCUT2D eigenvalue weighted by Gasteiger charge is -2.24. The minimum atomic E-state index is -1.30. The molecule has 1 aromatic heterocycles. The van der Waals surface area contributed by atoms with E-state index >= 15 is 8.78 Å². The number of nitrogens with two attached hydrogens (primary N) is 1. The summed E-state index contributed by atoms with van der Waals surface area (Å²) >= 11 is 0. The van der Waals surface area contributed by atoms with Gasteiger partial charge in [0.25, 0.3) is 5.56 Å². The van der Waals surface area contributed by atoms with E-state index in [4.69, 9.17) is 19.9 Å². The number of pyridine rings is 1. The summed E-state index contributed by atoms with van der Waals surface area (Å²) in [6.07, 6.45) is 1.90. The molecule has 3 N–H and O–H groups in total. The summed E-state index contributed by atoms with van der Waals surface area (Å²) in [5, 5.41) is 2.45. The van der Waals surface area contributed by atoms with Gasteiger partial charge in [-0.25, -0.2) is 27.2 Å². The number of ketones is 1. The predicted molar refractivity (Wildman–Crippen MR) is 158 cm³/mol. The highest BCUT2D eigenvalue weighted by atomic mass is 19.1. The molecule has 246 valence electrons. The quantitative estimate of drug-likeness (QED) is 0.171. The Hall–Kier alpha value is -4.88. The zero-order valence-electron chi connectivity index (χ0n) is 25.3. The molecular weight excluding hydrogens is 614 g/mol. The van der Waals surface area contributed by atoms with Crippen LogP contribution in [0.1, 0.15) is 68.8 Å². The average Bonchev–Trinajstić information content (AvgIpc) is 3.45. The summed E-state index contributed by atoms with van der Waals surface area (Å²) in [4.78, 5) is 50.8. The average molecular weight is 648 g/mol. The van der Waals surface area contributed by atoms with Gasteiger partial charge in [-0.2, -0.15) is 0 Å². The molecule has 46 heavy (non-hydrogen) atoms. The number of hydrogen-bond donors (Lipinski definition) is 2. The number of hydrogen-bond acceptors (Lipinski definition) is 8. The van der Waals surface area contributed by atoms with Crippen molar-refractivity contribution < 1.29 is 46.2 Å². The van der Waals surface area contributed by atoms with E-state index in [2.05, 4.69) is 5.32 Å². The summed E-state index contributed by atoms with van der Waals surface area (Å²) in [5.41, 5.74) is 2.17. The van der Waals surface area contributed by atoms with E-state index in [9.17, 15) is 28.0 Å². The van der Waals surface area contributed by atoms with Gasteiger partial charge in [0.05, 0.1) is 17.7 Å². The molecule has 1 atom stereocenters. The normalized spacial score (nSPS) is 14.1. The minimum Gasteiger partial charge on any atom is -0.493 e. The number of aromatic nitrogens is 1. The molecule has 10 nitrogen and oxygen atoms in total. The minimum absolute atomic E-state index is 0.147. The van der Waals surface area contributed by atoms with E-state index in [0.29, 0.717) is 23.5 Å². The molecule has 0 bridgehead atoms. The maximum atomic E-state index is 15.3. The molecule has 1 saturated carbocycles. The van der Waals surface area contributed by atoms with Gasteiger partial charge in [0.1, 0.15) is 46.6 Å². The monoisotopic (exact) mass is 647 g/mol. The lowest BCUT2D eigenvalue weighted by Crippen LogP contribution is -2.45. The summed E-state index contributed by atoms with van der Waals surface area (Å²) in [6, 6.07) is 4.30. The Balaban J connectivity index is 1.53. The van der Waals surface area contributed by atoms with Crippen molar-refractivity contribution in [2.24, 2.45) is 0 Å². The fourth-order valence-corrected chi connectivity index (χ4v) is 4.88. The van der Waals surface area contributed by atoms with E-state index in [1.54, 1.807) is 20.8 Å². The van der Waals surface area contributed by atoms with Crippen LogP contribution in [0.15, 0.2) is 47.3 Å².